The van der Waals surface area contributed by atoms with Gasteiger partial charge in [0.25, 0.3) is 5.91 Å². The van der Waals surface area contributed by atoms with Crippen molar-refractivity contribution in [3.05, 3.63) is 76.4 Å². The lowest BCUT2D eigenvalue weighted by Gasteiger charge is -2.24. The van der Waals surface area contributed by atoms with E-state index in [2.05, 4.69) is 12.1 Å². The summed E-state index contributed by atoms with van der Waals surface area (Å²) in [4.78, 5) is 25.5. The summed E-state index contributed by atoms with van der Waals surface area (Å²) in [6.07, 6.45) is 3.51. The van der Waals surface area contributed by atoms with E-state index >= 15 is 0 Å². The highest BCUT2D eigenvalue weighted by Gasteiger charge is 2.27. The standard InChI is InChI=1S/C30H31ClN2O5/c1-30(2,37)28(35)9-10-33-15-24(22-8-6-18(13-25(22)33)17-3-4-17)26(34)16-38-27-14-19-5-7-21(31)11-20(19)12-23(27)29(32)36/h5-8,11-15,17,28,35,37H,3-4,9-10,16H2,1-2H3,(H2,32,36). The predicted molar refractivity (Wildman–Crippen MR) is 148 cm³/mol. The maximum absolute atomic E-state index is 13.4. The molecule has 0 bridgehead atoms. The Bertz CT molecular complexity index is 1550. The van der Waals surface area contributed by atoms with Crippen LogP contribution in [0.25, 0.3) is 21.7 Å². The number of ether oxygens (including phenoxy) is 1. The van der Waals surface area contributed by atoms with E-state index in [4.69, 9.17) is 22.1 Å². The molecule has 1 fully saturated rings. The first-order valence-corrected chi connectivity index (χ1v) is 13.1. The van der Waals surface area contributed by atoms with Crippen molar-refractivity contribution in [3.8, 4) is 5.75 Å². The third-order valence-corrected chi connectivity index (χ3v) is 7.47. The molecule has 1 aliphatic carbocycles. The molecule has 4 aromatic rings. The van der Waals surface area contributed by atoms with Gasteiger partial charge in [0.2, 0.25) is 5.78 Å². The number of amides is 1. The summed E-state index contributed by atoms with van der Waals surface area (Å²) in [6, 6.07) is 14.7. The van der Waals surface area contributed by atoms with Crippen LogP contribution >= 0.6 is 11.6 Å². The molecule has 0 saturated heterocycles. The molecule has 198 valence electrons. The van der Waals surface area contributed by atoms with Gasteiger partial charge in [0.1, 0.15) is 5.75 Å². The van der Waals surface area contributed by atoms with Gasteiger partial charge < -0.3 is 25.3 Å². The van der Waals surface area contributed by atoms with E-state index in [1.165, 1.54) is 5.56 Å². The number of hydrogen-bond acceptors (Lipinski definition) is 5. The average Bonchev–Trinajstić information content (AvgIpc) is 3.66. The number of halogens is 1. The van der Waals surface area contributed by atoms with E-state index in [0.717, 1.165) is 34.5 Å². The molecule has 1 amide bonds. The Labute approximate surface area is 225 Å². The van der Waals surface area contributed by atoms with Gasteiger partial charge in [-0.3, -0.25) is 9.59 Å². The maximum atomic E-state index is 13.4. The van der Waals surface area contributed by atoms with E-state index in [1.807, 2.05) is 16.7 Å². The average molecular weight is 535 g/mol. The third-order valence-electron chi connectivity index (χ3n) is 7.24. The van der Waals surface area contributed by atoms with Crippen LogP contribution in [0, 0.1) is 0 Å². The fourth-order valence-electron chi connectivity index (χ4n) is 4.78. The minimum atomic E-state index is -1.22. The molecule has 7 nitrogen and oxygen atoms in total. The molecule has 8 heteroatoms. The molecular weight excluding hydrogens is 504 g/mol. The largest absolute Gasteiger partial charge is 0.485 e. The number of rotatable bonds is 10. The Hall–Kier alpha value is -3.39. The fraction of sp³-hybridized carbons (Fsp3) is 0.333. The summed E-state index contributed by atoms with van der Waals surface area (Å²) < 4.78 is 7.82. The van der Waals surface area contributed by atoms with Crippen LogP contribution < -0.4 is 10.5 Å². The third kappa shape index (κ3) is 5.41. The van der Waals surface area contributed by atoms with Gasteiger partial charge in [-0.2, -0.15) is 0 Å². The number of carbonyl (C=O) groups is 2. The Morgan fingerprint density at radius 2 is 1.87 bits per heavy atom. The first-order chi connectivity index (χ1) is 18.0. The van der Waals surface area contributed by atoms with Crippen molar-refractivity contribution < 1.29 is 24.5 Å². The first kappa shape index (κ1) is 26.2. The topological polar surface area (TPSA) is 115 Å². The van der Waals surface area contributed by atoms with E-state index in [0.29, 0.717) is 29.5 Å². The van der Waals surface area contributed by atoms with E-state index in [-0.39, 0.29) is 23.7 Å². The van der Waals surface area contributed by atoms with E-state index in [9.17, 15) is 19.8 Å². The van der Waals surface area contributed by atoms with Crippen LogP contribution in [0.2, 0.25) is 5.02 Å². The number of aromatic nitrogens is 1. The number of hydrogen-bond donors (Lipinski definition) is 3. The van der Waals surface area contributed by atoms with Crippen LogP contribution in [0.3, 0.4) is 0 Å². The van der Waals surface area contributed by atoms with Gasteiger partial charge >= 0.3 is 0 Å². The number of nitrogens with zero attached hydrogens (tertiary/aromatic N) is 1. The van der Waals surface area contributed by atoms with Gasteiger partial charge in [-0.25, -0.2) is 0 Å². The molecule has 38 heavy (non-hydrogen) atoms. The summed E-state index contributed by atoms with van der Waals surface area (Å²) in [6.45, 7) is 3.30. The van der Waals surface area contributed by atoms with Crippen molar-refractivity contribution in [2.75, 3.05) is 6.61 Å². The Morgan fingerprint density at radius 3 is 2.55 bits per heavy atom. The van der Waals surface area contributed by atoms with Gasteiger partial charge in [0.05, 0.1) is 17.3 Å². The van der Waals surface area contributed by atoms with E-state index in [1.54, 1.807) is 44.3 Å². The zero-order chi connectivity index (χ0) is 27.2. The number of carbonyl (C=O) groups excluding carboxylic acids is 2. The second kappa shape index (κ2) is 10.1. The number of fused-ring (bicyclic) bond motifs is 2. The van der Waals surface area contributed by atoms with Crippen LogP contribution in [0.15, 0.2) is 54.7 Å². The van der Waals surface area contributed by atoms with E-state index < -0.39 is 17.6 Å². The highest BCUT2D eigenvalue weighted by Crippen LogP contribution is 2.41. The van der Waals surface area contributed by atoms with Crippen molar-refractivity contribution >= 4 is 45.0 Å². The zero-order valence-electron chi connectivity index (χ0n) is 21.4. The van der Waals surface area contributed by atoms with Crippen molar-refractivity contribution in [2.24, 2.45) is 5.73 Å². The number of aliphatic hydroxyl groups is 2. The molecule has 0 aliphatic heterocycles. The second-order valence-corrected chi connectivity index (χ2v) is 11.1. The van der Waals surface area contributed by atoms with Crippen LogP contribution in [-0.2, 0) is 6.54 Å². The predicted octanol–water partition coefficient (Wildman–Crippen LogP) is 5.21. The van der Waals surface area contributed by atoms with Crippen molar-refractivity contribution in [1.82, 2.24) is 4.57 Å². The molecule has 1 aliphatic rings. The Kier molecular flexibility index (Phi) is 6.94. The van der Waals surface area contributed by atoms with Gasteiger partial charge in [-0.05, 0) is 85.7 Å². The number of nitrogens with two attached hydrogens (primary N) is 1. The molecule has 3 aromatic carbocycles. The summed E-state index contributed by atoms with van der Waals surface area (Å²) in [7, 11) is 0. The molecule has 0 radical (unpaired) electrons. The fourth-order valence-corrected chi connectivity index (χ4v) is 4.96. The van der Waals surface area contributed by atoms with Gasteiger partial charge in [0, 0.05) is 34.2 Å². The van der Waals surface area contributed by atoms with Gasteiger partial charge in [-0.1, -0.05) is 29.8 Å². The summed E-state index contributed by atoms with van der Waals surface area (Å²) >= 11 is 6.08. The molecule has 1 saturated carbocycles. The lowest BCUT2D eigenvalue weighted by atomic mass is 9.99. The lowest BCUT2D eigenvalue weighted by Crippen LogP contribution is -2.36. The molecular formula is C30H31ClN2O5. The quantitative estimate of drug-likeness (QED) is 0.242. The summed E-state index contributed by atoms with van der Waals surface area (Å²) in [5.41, 5.74) is 7.17. The summed E-state index contributed by atoms with van der Waals surface area (Å²) in [5.74, 6) is -0.137. The smallest absolute Gasteiger partial charge is 0.252 e. The van der Waals surface area contributed by atoms with Crippen molar-refractivity contribution in [3.63, 3.8) is 0 Å². The van der Waals surface area contributed by atoms with Crippen LogP contribution in [0.5, 0.6) is 5.75 Å². The molecule has 1 heterocycles. The molecule has 1 aromatic heterocycles. The molecule has 4 N–H and O–H groups in total. The molecule has 0 spiro atoms. The lowest BCUT2D eigenvalue weighted by molar-refractivity contribution is -0.0527. The highest BCUT2D eigenvalue weighted by atomic mass is 35.5. The minimum absolute atomic E-state index is 0.171. The number of aliphatic hydroxyl groups excluding tert-OH is 1. The Morgan fingerprint density at radius 1 is 1.11 bits per heavy atom. The first-order valence-electron chi connectivity index (χ1n) is 12.7. The van der Waals surface area contributed by atoms with Gasteiger partial charge in [-0.15, -0.1) is 0 Å². The zero-order valence-corrected chi connectivity index (χ0v) is 22.2. The SMILES string of the molecule is CC(C)(O)C(O)CCn1cc(C(=O)COc2cc3ccc(Cl)cc3cc2C(N)=O)c2ccc(C3CC3)cc21. The molecule has 1 unspecified atom stereocenters. The number of primary amides is 1. The molecule has 5 rings (SSSR count). The van der Waals surface area contributed by atoms with Crippen LogP contribution in [-0.4, -0.2) is 44.8 Å². The number of Topliss-reactive ketones (excluding diaryl/α,β-unsaturated/α-hetero) is 1. The number of benzene rings is 3. The van der Waals surface area contributed by atoms with Crippen LogP contribution in [0.4, 0.5) is 0 Å². The highest BCUT2D eigenvalue weighted by molar-refractivity contribution is 6.31. The number of ketones is 1. The maximum Gasteiger partial charge on any atom is 0.252 e. The normalized spacial score (nSPS) is 14.7. The Balaban J connectivity index is 1.43. The van der Waals surface area contributed by atoms with Crippen molar-refractivity contribution in [1.29, 1.82) is 0 Å². The molecule has 1 atom stereocenters. The minimum Gasteiger partial charge on any atom is -0.485 e. The van der Waals surface area contributed by atoms with Crippen LogP contribution in [0.1, 0.15) is 65.3 Å². The monoisotopic (exact) mass is 534 g/mol. The van der Waals surface area contributed by atoms with Crippen molar-refractivity contribution in [2.45, 2.75) is 57.3 Å². The van der Waals surface area contributed by atoms with Gasteiger partial charge in [0.15, 0.2) is 6.61 Å². The summed E-state index contributed by atoms with van der Waals surface area (Å²) in [5, 5.41) is 23.4. The second-order valence-electron chi connectivity index (χ2n) is 10.7. The number of aryl methyl sites for hydroxylation is 1.